The number of carbonyl (C=O) groups is 1. The number of ether oxygens (including phenoxy) is 1. The number of methoxy groups -OCH3 is 1. The summed E-state index contributed by atoms with van der Waals surface area (Å²) in [6, 6.07) is 14.2. The Kier molecular flexibility index (Phi) is 6.51. The summed E-state index contributed by atoms with van der Waals surface area (Å²) in [5.41, 5.74) is 1.86. The number of halogens is 1. The van der Waals surface area contributed by atoms with E-state index in [9.17, 15) is 9.18 Å². The van der Waals surface area contributed by atoms with Gasteiger partial charge in [-0.25, -0.2) is 14.4 Å². The second kappa shape index (κ2) is 9.45. The fraction of sp³-hybridized carbons (Fsp3) is 0.190. The van der Waals surface area contributed by atoms with Gasteiger partial charge in [0.1, 0.15) is 23.1 Å². The monoisotopic (exact) mass is 380 g/mol. The van der Waals surface area contributed by atoms with E-state index >= 15 is 0 Å². The van der Waals surface area contributed by atoms with Gasteiger partial charge in [-0.05, 0) is 30.2 Å². The molecule has 0 aliphatic heterocycles. The first kappa shape index (κ1) is 19.3. The zero-order valence-electron chi connectivity index (χ0n) is 15.5. The molecule has 3 rings (SSSR count). The lowest BCUT2D eigenvalue weighted by atomic mass is 10.1. The first-order chi connectivity index (χ1) is 13.7. The molecule has 2 N–H and O–H groups in total. The molecule has 0 spiro atoms. The summed E-state index contributed by atoms with van der Waals surface area (Å²) in [4.78, 5) is 20.4. The molecule has 2 aromatic carbocycles. The first-order valence-corrected chi connectivity index (χ1v) is 8.86. The van der Waals surface area contributed by atoms with Gasteiger partial charge in [-0.2, -0.15) is 0 Å². The van der Waals surface area contributed by atoms with Crippen LogP contribution in [0.2, 0.25) is 0 Å². The molecule has 1 amide bonds. The topological polar surface area (TPSA) is 76.1 Å². The van der Waals surface area contributed by atoms with Crippen LogP contribution < -0.4 is 15.4 Å². The molecule has 0 radical (unpaired) electrons. The van der Waals surface area contributed by atoms with Crippen molar-refractivity contribution in [2.45, 2.75) is 13.0 Å². The number of nitrogens with zero attached hydrogens (tertiary/aromatic N) is 2. The number of carbonyl (C=O) groups excluding carboxylic acids is 1. The maximum atomic E-state index is 13.6. The summed E-state index contributed by atoms with van der Waals surface area (Å²) < 4.78 is 18.7. The zero-order valence-corrected chi connectivity index (χ0v) is 15.5. The quantitative estimate of drug-likeness (QED) is 0.628. The molecule has 0 saturated heterocycles. The van der Waals surface area contributed by atoms with Gasteiger partial charge in [0.15, 0.2) is 0 Å². The van der Waals surface area contributed by atoms with E-state index in [1.54, 1.807) is 25.3 Å². The highest BCUT2D eigenvalue weighted by molar-refractivity contribution is 5.91. The van der Waals surface area contributed by atoms with Gasteiger partial charge in [0.25, 0.3) is 5.91 Å². The number of hydrogen-bond donors (Lipinski definition) is 2. The Balaban J connectivity index is 1.47. The normalized spacial score (nSPS) is 10.4. The Labute approximate surface area is 162 Å². The number of amides is 1. The number of hydrogen-bond acceptors (Lipinski definition) is 5. The van der Waals surface area contributed by atoms with Crippen LogP contribution in [-0.4, -0.2) is 29.5 Å². The van der Waals surface area contributed by atoms with Crippen LogP contribution in [0.5, 0.6) is 5.75 Å². The third kappa shape index (κ3) is 5.26. The Morgan fingerprint density at radius 2 is 1.86 bits per heavy atom. The van der Waals surface area contributed by atoms with Crippen LogP contribution in [0.1, 0.15) is 21.6 Å². The molecule has 0 aliphatic rings. The molecule has 0 aliphatic carbocycles. The van der Waals surface area contributed by atoms with Crippen molar-refractivity contribution in [2.24, 2.45) is 0 Å². The molecule has 7 heteroatoms. The van der Waals surface area contributed by atoms with Crippen LogP contribution in [0.4, 0.5) is 10.2 Å². The number of anilines is 1. The van der Waals surface area contributed by atoms with Crippen LogP contribution in [-0.2, 0) is 13.0 Å². The van der Waals surface area contributed by atoms with E-state index in [0.717, 1.165) is 11.3 Å². The minimum atomic E-state index is -0.290. The van der Waals surface area contributed by atoms with Crippen molar-refractivity contribution in [3.05, 3.63) is 83.6 Å². The molecule has 0 atom stereocenters. The lowest BCUT2D eigenvalue weighted by molar-refractivity contribution is 0.0949. The fourth-order valence-electron chi connectivity index (χ4n) is 2.57. The van der Waals surface area contributed by atoms with Crippen LogP contribution in [0.15, 0.2) is 60.9 Å². The van der Waals surface area contributed by atoms with Crippen LogP contribution in [0.25, 0.3) is 0 Å². The minimum Gasteiger partial charge on any atom is -0.497 e. The van der Waals surface area contributed by atoms with E-state index in [0.29, 0.717) is 24.3 Å². The molecule has 3 aromatic rings. The van der Waals surface area contributed by atoms with Gasteiger partial charge in [0.2, 0.25) is 0 Å². The van der Waals surface area contributed by atoms with Gasteiger partial charge in [0.05, 0.1) is 19.5 Å². The summed E-state index contributed by atoms with van der Waals surface area (Å²) in [6.45, 7) is 0.773. The van der Waals surface area contributed by atoms with Gasteiger partial charge in [-0.1, -0.05) is 30.3 Å². The smallest absolute Gasteiger partial charge is 0.271 e. The summed E-state index contributed by atoms with van der Waals surface area (Å²) in [5, 5.41) is 5.80. The number of rotatable bonds is 8. The lowest BCUT2D eigenvalue weighted by Crippen LogP contribution is -2.26. The Hall–Kier alpha value is -3.48. The van der Waals surface area contributed by atoms with E-state index < -0.39 is 0 Å². The highest BCUT2D eigenvalue weighted by Crippen LogP contribution is 2.12. The van der Waals surface area contributed by atoms with Crippen molar-refractivity contribution in [3.63, 3.8) is 0 Å². The van der Waals surface area contributed by atoms with Gasteiger partial charge in [-0.3, -0.25) is 4.79 Å². The second-order valence-corrected chi connectivity index (χ2v) is 6.09. The predicted octanol–water partition coefficient (Wildman–Crippen LogP) is 3.21. The lowest BCUT2D eigenvalue weighted by Gasteiger charge is -2.08. The second-order valence-electron chi connectivity index (χ2n) is 6.09. The Morgan fingerprint density at radius 3 is 2.54 bits per heavy atom. The van der Waals surface area contributed by atoms with Crippen LogP contribution in [0.3, 0.4) is 0 Å². The Morgan fingerprint density at radius 1 is 1.07 bits per heavy atom. The number of aromatic nitrogens is 2. The summed E-state index contributed by atoms with van der Waals surface area (Å²) >= 11 is 0. The van der Waals surface area contributed by atoms with Crippen molar-refractivity contribution >= 4 is 11.7 Å². The zero-order chi connectivity index (χ0) is 19.8. The van der Waals surface area contributed by atoms with E-state index in [-0.39, 0.29) is 24.0 Å². The van der Waals surface area contributed by atoms with Crippen molar-refractivity contribution in [2.75, 3.05) is 19.0 Å². The summed E-state index contributed by atoms with van der Waals surface area (Å²) in [5.74, 6) is 0.697. The summed E-state index contributed by atoms with van der Waals surface area (Å²) in [7, 11) is 1.62. The van der Waals surface area contributed by atoms with E-state index in [1.165, 1.54) is 18.5 Å². The molecule has 0 saturated carbocycles. The maximum absolute atomic E-state index is 13.6. The molecular weight excluding hydrogens is 359 g/mol. The highest BCUT2D eigenvalue weighted by atomic mass is 19.1. The molecule has 28 heavy (non-hydrogen) atoms. The van der Waals surface area contributed by atoms with Gasteiger partial charge < -0.3 is 15.4 Å². The molecule has 1 heterocycles. The largest absolute Gasteiger partial charge is 0.497 e. The Bertz CT molecular complexity index is 914. The van der Waals surface area contributed by atoms with Crippen molar-refractivity contribution in [1.29, 1.82) is 0 Å². The molecule has 144 valence electrons. The minimum absolute atomic E-state index is 0.228. The van der Waals surface area contributed by atoms with Crippen molar-refractivity contribution < 1.29 is 13.9 Å². The molecular formula is C21H21FN4O2. The summed E-state index contributed by atoms with van der Waals surface area (Å²) in [6.07, 6.45) is 3.55. The molecule has 0 unspecified atom stereocenters. The first-order valence-electron chi connectivity index (χ1n) is 8.86. The van der Waals surface area contributed by atoms with Crippen LogP contribution in [0, 0.1) is 5.82 Å². The van der Waals surface area contributed by atoms with Crippen LogP contribution >= 0.6 is 0 Å². The average molecular weight is 380 g/mol. The fourth-order valence-corrected chi connectivity index (χ4v) is 2.57. The average Bonchev–Trinajstić information content (AvgIpc) is 2.74. The van der Waals surface area contributed by atoms with Gasteiger partial charge in [0, 0.05) is 18.7 Å². The third-order valence-electron chi connectivity index (χ3n) is 4.16. The van der Waals surface area contributed by atoms with Crippen molar-refractivity contribution in [1.82, 2.24) is 15.3 Å². The van der Waals surface area contributed by atoms with Gasteiger partial charge >= 0.3 is 0 Å². The van der Waals surface area contributed by atoms with Crippen molar-refractivity contribution in [3.8, 4) is 5.75 Å². The third-order valence-corrected chi connectivity index (χ3v) is 4.16. The van der Waals surface area contributed by atoms with E-state index in [2.05, 4.69) is 20.6 Å². The molecule has 6 nitrogen and oxygen atoms in total. The molecule has 0 bridgehead atoms. The molecule has 0 fully saturated rings. The maximum Gasteiger partial charge on any atom is 0.271 e. The van der Waals surface area contributed by atoms with Gasteiger partial charge in [-0.15, -0.1) is 0 Å². The standard InChI is InChI=1S/C21H21FN4O2/c1-28-17-8-6-15(7-9-17)10-11-23-21(27)19-13-26-20(14-24-19)25-12-16-4-2-3-5-18(16)22/h2-9,13-14H,10-12H2,1H3,(H,23,27)(H,25,26). The number of nitrogens with one attached hydrogen (secondary N) is 2. The SMILES string of the molecule is COc1ccc(CCNC(=O)c2cnc(NCc3ccccc3F)cn2)cc1. The highest BCUT2D eigenvalue weighted by Gasteiger charge is 2.08. The van der Waals surface area contributed by atoms with E-state index in [4.69, 9.17) is 4.74 Å². The predicted molar refractivity (Wildman–Crippen MR) is 105 cm³/mol. The molecule has 1 aromatic heterocycles. The number of benzene rings is 2. The van der Waals surface area contributed by atoms with E-state index in [1.807, 2.05) is 24.3 Å².